The third-order valence-electron chi connectivity index (χ3n) is 2.18. The minimum absolute atomic E-state index is 0.0387. The van der Waals surface area contributed by atoms with Crippen LogP contribution in [0.3, 0.4) is 0 Å². The first-order valence-corrected chi connectivity index (χ1v) is 4.90. The molecule has 2 N–H and O–H groups in total. The molecule has 0 fully saturated rings. The summed E-state index contributed by atoms with van der Waals surface area (Å²) in [5, 5.41) is 0. The minimum Gasteiger partial charge on any atom is -0.364 e. The molecule has 2 aromatic heterocycles. The van der Waals surface area contributed by atoms with Crippen molar-refractivity contribution in [3.63, 3.8) is 0 Å². The van der Waals surface area contributed by atoms with Crippen LogP contribution in [0.25, 0.3) is 0 Å². The van der Waals surface area contributed by atoms with Crippen molar-refractivity contribution < 1.29 is 9.59 Å². The molecule has 2 aromatic rings. The molecule has 84 valence electrons. The number of hydrogen-bond donors (Lipinski definition) is 1. The lowest BCUT2D eigenvalue weighted by Gasteiger charge is -2.03. The number of carbonyl (C=O) groups is 2. The number of aromatic nitrogens is 2. The van der Waals surface area contributed by atoms with Crippen molar-refractivity contribution in [2.75, 3.05) is 0 Å². The molecule has 0 spiro atoms. The molecular formula is C12H9N3O2. The second kappa shape index (κ2) is 4.52. The van der Waals surface area contributed by atoms with Crippen LogP contribution in [-0.2, 0) is 0 Å². The standard InChI is InChI=1S/C12H9N3O2/c13-12(17)10-8(4-3-7-15-10)11(16)9-5-1-2-6-14-9/h1-7H,(H2,13,17). The predicted molar refractivity (Wildman–Crippen MR) is 60.4 cm³/mol. The number of nitrogens with zero attached hydrogens (tertiary/aromatic N) is 2. The number of ketones is 1. The molecule has 0 saturated carbocycles. The fraction of sp³-hybridized carbons (Fsp3) is 0. The summed E-state index contributed by atoms with van der Waals surface area (Å²) >= 11 is 0. The first-order chi connectivity index (χ1) is 8.20. The summed E-state index contributed by atoms with van der Waals surface area (Å²) in [6.07, 6.45) is 2.92. The van der Waals surface area contributed by atoms with Crippen LogP contribution in [0, 0.1) is 0 Å². The van der Waals surface area contributed by atoms with E-state index in [-0.39, 0.29) is 22.7 Å². The van der Waals surface area contributed by atoms with Gasteiger partial charge in [-0.15, -0.1) is 0 Å². The maximum absolute atomic E-state index is 12.1. The second-order valence-electron chi connectivity index (χ2n) is 3.31. The van der Waals surface area contributed by atoms with Crippen LogP contribution < -0.4 is 5.73 Å². The summed E-state index contributed by atoms with van der Waals surface area (Å²) in [5.74, 6) is -1.10. The molecule has 0 unspecified atom stereocenters. The number of amides is 1. The summed E-state index contributed by atoms with van der Waals surface area (Å²) in [5.41, 5.74) is 5.54. The Hall–Kier alpha value is -2.56. The summed E-state index contributed by atoms with van der Waals surface area (Å²) in [6, 6.07) is 8.04. The van der Waals surface area contributed by atoms with E-state index in [1.165, 1.54) is 18.5 Å². The fourth-order valence-corrected chi connectivity index (χ4v) is 1.42. The zero-order valence-electron chi connectivity index (χ0n) is 8.83. The highest BCUT2D eigenvalue weighted by Crippen LogP contribution is 2.10. The van der Waals surface area contributed by atoms with Crippen LogP contribution >= 0.6 is 0 Å². The Morgan fingerprint density at radius 1 is 1.00 bits per heavy atom. The Morgan fingerprint density at radius 3 is 2.41 bits per heavy atom. The van der Waals surface area contributed by atoms with E-state index in [4.69, 9.17) is 5.73 Å². The monoisotopic (exact) mass is 227 g/mol. The SMILES string of the molecule is NC(=O)c1ncccc1C(=O)c1ccccn1. The van der Waals surface area contributed by atoms with Gasteiger partial charge in [-0.05, 0) is 24.3 Å². The van der Waals surface area contributed by atoms with Crippen LogP contribution in [0.5, 0.6) is 0 Å². The van der Waals surface area contributed by atoms with Crippen molar-refractivity contribution in [3.05, 3.63) is 59.7 Å². The van der Waals surface area contributed by atoms with E-state index in [0.717, 1.165) is 0 Å². The van der Waals surface area contributed by atoms with Gasteiger partial charge >= 0.3 is 0 Å². The van der Waals surface area contributed by atoms with E-state index in [1.807, 2.05) is 0 Å². The molecule has 5 heteroatoms. The Labute approximate surface area is 97.3 Å². The number of rotatable bonds is 3. The Morgan fingerprint density at radius 2 is 1.76 bits per heavy atom. The second-order valence-corrected chi connectivity index (χ2v) is 3.31. The lowest BCUT2D eigenvalue weighted by atomic mass is 10.1. The topological polar surface area (TPSA) is 85.9 Å². The summed E-state index contributed by atoms with van der Waals surface area (Å²) in [7, 11) is 0. The normalized spacial score (nSPS) is 9.88. The number of pyridine rings is 2. The van der Waals surface area contributed by atoms with Gasteiger partial charge in [0.2, 0.25) is 5.78 Å². The van der Waals surface area contributed by atoms with Crippen molar-refractivity contribution in [3.8, 4) is 0 Å². The lowest BCUT2D eigenvalue weighted by molar-refractivity contribution is 0.0975. The Bertz CT molecular complexity index is 567. The van der Waals surface area contributed by atoms with E-state index in [2.05, 4.69) is 9.97 Å². The van der Waals surface area contributed by atoms with Crippen LogP contribution in [0.2, 0.25) is 0 Å². The van der Waals surface area contributed by atoms with Crippen LogP contribution in [0.4, 0.5) is 0 Å². The number of nitrogens with two attached hydrogens (primary N) is 1. The molecule has 0 atom stereocenters. The van der Waals surface area contributed by atoms with Gasteiger partial charge in [0.1, 0.15) is 11.4 Å². The van der Waals surface area contributed by atoms with E-state index >= 15 is 0 Å². The average molecular weight is 227 g/mol. The highest BCUT2D eigenvalue weighted by molar-refractivity contribution is 6.13. The van der Waals surface area contributed by atoms with Crippen LogP contribution in [0.1, 0.15) is 26.5 Å². The zero-order chi connectivity index (χ0) is 12.3. The maximum Gasteiger partial charge on any atom is 0.268 e. The molecule has 2 rings (SSSR count). The van der Waals surface area contributed by atoms with Crippen molar-refractivity contribution in [1.29, 1.82) is 0 Å². The molecule has 0 aromatic carbocycles. The van der Waals surface area contributed by atoms with Crippen molar-refractivity contribution >= 4 is 11.7 Å². The average Bonchev–Trinajstić information content (AvgIpc) is 2.39. The molecule has 0 bridgehead atoms. The fourth-order valence-electron chi connectivity index (χ4n) is 1.42. The van der Waals surface area contributed by atoms with Gasteiger partial charge in [0.15, 0.2) is 0 Å². The largest absolute Gasteiger partial charge is 0.364 e. The molecule has 2 heterocycles. The Balaban J connectivity index is 2.48. The predicted octanol–water partition coefficient (Wildman–Crippen LogP) is 0.806. The first kappa shape index (κ1) is 10.9. The van der Waals surface area contributed by atoms with Gasteiger partial charge < -0.3 is 5.73 Å². The smallest absolute Gasteiger partial charge is 0.268 e. The van der Waals surface area contributed by atoms with Crippen molar-refractivity contribution in [2.24, 2.45) is 5.73 Å². The number of hydrogen-bond acceptors (Lipinski definition) is 4. The van der Waals surface area contributed by atoms with Gasteiger partial charge in [0.25, 0.3) is 5.91 Å². The molecule has 0 radical (unpaired) electrons. The van der Waals surface area contributed by atoms with Crippen molar-refractivity contribution in [1.82, 2.24) is 9.97 Å². The van der Waals surface area contributed by atoms with E-state index in [1.54, 1.807) is 24.3 Å². The molecule has 0 aliphatic heterocycles. The number of carbonyl (C=O) groups excluding carboxylic acids is 2. The molecule has 0 saturated heterocycles. The van der Waals surface area contributed by atoms with Gasteiger partial charge in [-0.3, -0.25) is 19.6 Å². The van der Waals surface area contributed by atoms with E-state index in [0.29, 0.717) is 0 Å². The lowest BCUT2D eigenvalue weighted by Crippen LogP contribution is -2.18. The molecule has 1 amide bonds. The van der Waals surface area contributed by atoms with Crippen molar-refractivity contribution in [2.45, 2.75) is 0 Å². The third kappa shape index (κ3) is 2.17. The highest BCUT2D eigenvalue weighted by atomic mass is 16.1. The van der Waals surface area contributed by atoms with Crippen LogP contribution in [0.15, 0.2) is 42.7 Å². The molecular weight excluding hydrogens is 218 g/mol. The third-order valence-corrected chi connectivity index (χ3v) is 2.18. The van der Waals surface area contributed by atoms with Gasteiger partial charge in [-0.25, -0.2) is 0 Å². The summed E-state index contributed by atoms with van der Waals surface area (Å²) in [6.45, 7) is 0. The Kier molecular flexibility index (Phi) is 2.91. The quantitative estimate of drug-likeness (QED) is 0.786. The van der Waals surface area contributed by atoms with Gasteiger partial charge in [0.05, 0.1) is 5.56 Å². The van der Waals surface area contributed by atoms with E-state index in [9.17, 15) is 9.59 Å². The van der Waals surface area contributed by atoms with Crippen LogP contribution in [-0.4, -0.2) is 21.7 Å². The molecule has 17 heavy (non-hydrogen) atoms. The minimum atomic E-state index is -0.732. The highest BCUT2D eigenvalue weighted by Gasteiger charge is 2.17. The zero-order valence-corrected chi connectivity index (χ0v) is 8.83. The summed E-state index contributed by atoms with van der Waals surface area (Å²) in [4.78, 5) is 30.9. The van der Waals surface area contributed by atoms with Gasteiger partial charge in [-0.1, -0.05) is 6.07 Å². The number of primary amides is 1. The molecule has 0 aliphatic rings. The van der Waals surface area contributed by atoms with E-state index < -0.39 is 5.91 Å². The first-order valence-electron chi connectivity index (χ1n) is 4.90. The molecule has 5 nitrogen and oxygen atoms in total. The van der Waals surface area contributed by atoms with Gasteiger partial charge in [0, 0.05) is 12.4 Å². The summed E-state index contributed by atoms with van der Waals surface area (Å²) < 4.78 is 0. The maximum atomic E-state index is 12.1. The van der Waals surface area contributed by atoms with Gasteiger partial charge in [-0.2, -0.15) is 0 Å². The molecule has 0 aliphatic carbocycles.